The highest BCUT2D eigenvalue weighted by Crippen LogP contribution is 2.50. The molecule has 70 valence electrons. The Kier molecular flexibility index (Phi) is 1.91. The van der Waals surface area contributed by atoms with Crippen LogP contribution in [0.4, 0.5) is 0 Å². The van der Waals surface area contributed by atoms with Crippen molar-refractivity contribution in [2.75, 3.05) is 0 Å². The fraction of sp³-hybridized carbons (Fsp3) is 0.500. The van der Waals surface area contributed by atoms with E-state index in [1.165, 1.54) is 15.3 Å². The average molecular weight is 196 g/mol. The Labute approximate surface area is 81.2 Å². The fourth-order valence-corrected chi connectivity index (χ4v) is 2.83. The Morgan fingerprint density at radius 2 is 2.31 bits per heavy atom. The summed E-state index contributed by atoms with van der Waals surface area (Å²) in [5.41, 5.74) is 1.26. The highest BCUT2D eigenvalue weighted by atomic mass is 32.1. The highest BCUT2D eigenvalue weighted by Gasteiger charge is 2.45. The molecule has 2 nitrogen and oxygen atoms in total. The van der Waals surface area contributed by atoms with Crippen LogP contribution in [-0.4, -0.2) is 11.1 Å². The van der Waals surface area contributed by atoms with E-state index < -0.39 is 5.97 Å². The first-order chi connectivity index (χ1) is 6.09. The van der Waals surface area contributed by atoms with Gasteiger partial charge in [-0.25, -0.2) is 0 Å². The van der Waals surface area contributed by atoms with E-state index in [4.69, 9.17) is 5.11 Å². The molecular weight excluding hydrogens is 184 g/mol. The third kappa shape index (κ3) is 1.48. The summed E-state index contributed by atoms with van der Waals surface area (Å²) in [6.07, 6.45) is 0.826. The standard InChI is InChI=1S/C10H12O2S/c1-5-3-7(6(2)13-5)8-4-9(8)10(11)12/h3,8-9H,4H2,1-2H3,(H,11,12)/t8-,9+/m0/s1. The third-order valence-corrected chi connectivity index (χ3v) is 3.57. The van der Waals surface area contributed by atoms with Gasteiger partial charge in [0.15, 0.2) is 0 Å². The smallest absolute Gasteiger partial charge is 0.307 e. The lowest BCUT2D eigenvalue weighted by molar-refractivity contribution is -0.138. The van der Waals surface area contributed by atoms with Crippen LogP contribution in [0.1, 0.15) is 27.7 Å². The number of thiophene rings is 1. The molecular formula is C10H12O2S. The van der Waals surface area contributed by atoms with Gasteiger partial charge in [-0.15, -0.1) is 11.3 Å². The van der Waals surface area contributed by atoms with Gasteiger partial charge < -0.3 is 5.11 Å². The highest BCUT2D eigenvalue weighted by molar-refractivity contribution is 7.12. The molecule has 3 heteroatoms. The molecule has 2 atom stereocenters. The van der Waals surface area contributed by atoms with Crippen molar-refractivity contribution in [3.8, 4) is 0 Å². The van der Waals surface area contributed by atoms with E-state index in [-0.39, 0.29) is 5.92 Å². The van der Waals surface area contributed by atoms with Crippen molar-refractivity contribution in [3.05, 3.63) is 21.4 Å². The summed E-state index contributed by atoms with van der Waals surface area (Å²) in [7, 11) is 0. The van der Waals surface area contributed by atoms with Gasteiger partial charge in [-0.3, -0.25) is 4.79 Å². The van der Waals surface area contributed by atoms with Crippen LogP contribution in [0.2, 0.25) is 0 Å². The van der Waals surface area contributed by atoms with Gasteiger partial charge in [0.05, 0.1) is 5.92 Å². The second-order valence-corrected chi connectivity index (χ2v) is 5.12. The van der Waals surface area contributed by atoms with E-state index in [2.05, 4.69) is 19.9 Å². The number of aryl methyl sites for hydroxylation is 2. The van der Waals surface area contributed by atoms with Gasteiger partial charge in [-0.1, -0.05) is 0 Å². The number of carboxylic acid groups (broad SMARTS) is 1. The van der Waals surface area contributed by atoms with E-state index in [1.807, 2.05) is 0 Å². The van der Waals surface area contributed by atoms with Gasteiger partial charge >= 0.3 is 5.97 Å². The number of hydrogen-bond acceptors (Lipinski definition) is 2. The molecule has 2 rings (SSSR count). The summed E-state index contributed by atoms with van der Waals surface area (Å²) in [5, 5.41) is 8.79. The predicted molar refractivity (Wildman–Crippen MR) is 52.3 cm³/mol. The lowest BCUT2D eigenvalue weighted by atomic mass is 10.1. The van der Waals surface area contributed by atoms with Crippen molar-refractivity contribution in [1.82, 2.24) is 0 Å². The largest absolute Gasteiger partial charge is 0.481 e. The van der Waals surface area contributed by atoms with Crippen LogP contribution in [-0.2, 0) is 4.79 Å². The molecule has 13 heavy (non-hydrogen) atoms. The van der Waals surface area contributed by atoms with Crippen molar-refractivity contribution in [2.45, 2.75) is 26.2 Å². The molecule has 0 radical (unpaired) electrons. The van der Waals surface area contributed by atoms with Crippen LogP contribution in [0.3, 0.4) is 0 Å². The predicted octanol–water partition coefficient (Wildman–Crippen LogP) is 2.55. The SMILES string of the molecule is Cc1cc([C@@H]2C[C@H]2C(=O)O)c(C)s1. The molecule has 1 saturated carbocycles. The van der Waals surface area contributed by atoms with Crippen molar-refractivity contribution in [2.24, 2.45) is 5.92 Å². The molecule has 1 fully saturated rings. The van der Waals surface area contributed by atoms with Crippen LogP contribution >= 0.6 is 11.3 Å². The first-order valence-corrected chi connectivity index (χ1v) is 5.21. The second-order valence-electron chi connectivity index (χ2n) is 3.66. The molecule has 1 aliphatic rings. The summed E-state index contributed by atoms with van der Waals surface area (Å²) in [6.45, 7) is 4.14. The lowest BCUT2D eigenvalue weighted by Gasteiger charge is -1.94. The molecule has 0 aromatic carbocycles. The minimum atomic E-state index is -0.645. The topological polar surface area (TPSA) is 37.3 Å². The zero-order chi connectivity index (χ0) is 9.59. The molecule has 1 heterocycles. The zero-order valence-corrected chi connectivity index (χ0v) is 8.52. The summed E-state index contributed by atoms with van der Waals surface area (Å²) in [4.78, 5) is 13.2. The molecule has 0 spiro atoms. The first kappa shape index (κ1) is 8.75. The third-order valence-electron chi connectivity index (χ3n) is 2.59. The fourth-order valence-electron chi connectivity index (χ4n) is 1.83. The molecule has 1 aliphatic carbocycles. The molecule has 0 unspecified atom stereocenters. The van der Waals surface area contributed by atoms with Crippen molar-refractivity contribution in [1.29, 1.82) is 0 Å². The number of aliphatic carboxylic acids is 1. The normalized spacial score (nSPS) is 26.0. The van der Waals surface area contributed by atoms with Crippen molar-refractivity contribution in [3.63, 3.8) is 0 Å². The average Bonchev–Trinajstić information content (AvgIpc) is 2.73. The van der Waals surface area contributed by atoms with Crippen LogP contribution in [0.5, 0.6) is 0 Å². The Hall–Kier alpha value is -0.830. The van der Waals surface area contributed by atoms with E-state index >= 15 is 0 Å². The van der Waals surface area contributed by atoms with E-state index in [0.29, 0.717) is 5.92 Å². The summed E-state index contributed by atoms with van der Waals surface area (Å²) in [5.74, 6) is -0.469. The minimum absolute atomic E-state index is 0.118. The maximum absolute atomic E-state index is 10.7. The van der Waals surface area contributed by atoms with E-state index in [9.17, 15) is 4.79 Å². The Morgan fingerprint density at radius 3 is 2.69 bits per heavy atom. The maximum Gasteiger partial charge on any atom is 0.307 e. The van der Waals surface area contributed by atoms with Gasteiger partial charge in [0.25, 0.3) is 0 Å². The number of carboxylic acids is 1. The molecule has 1 N–H and O–H groups in total. The quantitative estimate of drug-likeness (QED) is 0.789. The van der Waals surface area contributed by atoms with Crippen molar-refractivity contribution >= 4 is 17.3 Å². The number of carbonyl (C=O) groups is 1. The van der Waals surface area contributed by atoms with Gasteiger partial charge in [0, 0.05) is 9.75 Å². The van der Waals surface area contributed by atoms with Crippen molar-refractivity contribution < 1.29 is 9.90 Å². The van der Waals surface area contributed by atoms with Crippen LogP contribution in [0.25, 0.3) is 0 Å². The zero-order valence-electron chi connectivity index (χ0n) is 7.70. The summed E-state index contributed by atoms with van der Waals surface area (Å²) in [6, 6.07) is 2.13. The molecule has 0 amide bonds. The van der Waals surface area contributed by atoms with Gasteiger partial charge in [-0.05, 0) is 37.8 Å². The Morgan fingerprint density at radius 1 is 1.62 bits per heavy atom. The number of hydrogen-bond donors (Lipinski definition) is 1. The van der Waals surface area contributed by atoms with E-state index in [1.54, 1.807) is 11.3 Å². The van der Waals surface area contributed by atoms with Crippen LogP contribution in [0, 0.1) is 19.8 Å². The maximum atomic E-state index is 10.7. The van der Waals surface area contributed by atoms with Crippen LogP contribution in [0.15, 0.2) is 6.07 Å². The number of rotatable bonds is 2. The summed E-state index contributed by atoms with van der Waals surface area (Å²) < 4.78 is 0. The lowest BCUT2D eigenvalue weighted by Crippen LogP contribution is -1.98. The molecule has 1 aromatic heterocycles. The van der Waals surface area contributed by atoms with Gasteiger partial charge in [0.1, 0.15) is 0 Å². The Bertz CT molecular complexity index is 354. The minimum Gasteiger partial charge on any atom is -0.481 e. The molecule has 0 aliphatic heterocycles. The van der Waals surface area contributed by atoms with E-state index in [0.717, 1.165) is 6.42 Å². The Balaban J connectivity index is 2.20. The summed E-state index contributed by atoms with van der Waals surface area (Å²) >= 11 is 1.76. The monoisotopic (exact) mass is 196 g/mol. The second kappa shape index (κ2) is 2.84. The van der Waals surface area contributed by atoms with Gasteiger partial charge in [0.2, 0.25) is 0 Å². The molecule has 0 bridgehead atoms. The first-order valence-electron chi connectivity index (χ1n) is 4.39. The van der Waals surface area contributed by atoms with Crippen LogP contribution < -0.4 is 0 Å². The van der Waals surface area contributed by atoms with Gasteiger partial charge in [-0.2, -0.15) is 0 Å². The molecule has 1 aromatic rings. The molecule has 0 saturated heterocycles.